The van der Waals surface area contributed by atoms with Gasteiger partial charge in [-0.25, -0.2) is 5.43 Å². The second-order valence-corrected chi connectivity index (χ2v) is 6.61. The highest BCUT2D eigenvalue weighted by Gasteiger charge is 2.09. The van der Waals surface area contributed by atoms with E-state index in [4.69, 9.17) is 25.8 Å². The van der Waals surface area contributed by atoms with E-state index in [2.05, 4.69) is 10.5 Å². The molecule has 154 valence electrons. The standard InChI is InChI=1S/C23H21ClN2O4/c1-28-21-12-18(20(24)13-22(21)29-2)14-25-26-23(27)15-30-19-10-8-17(9-11-19)16-6-4-3-5-7-16/h3-14H,15H2,1-2H3,(H,26,27)/b25-14+. The lowest BCUT2D eigenvalue weighted by Gasteiger charge is -2.09. The number of benzene rings is 3. The van der Waals surface area contributed by atoms with Crippen LogP contribution in [0.15, 0.2) is 71.8 Å². The number of ether oxygens (including phenoxy) is 3. The number of amides is 1. The van der Waals surface area contributed by atoms with Gasteiger partial charge in [-0.1, -0.05) is 54.1 Å². The van der Waals surface area contributed by atoms with Gasteiger partial charge >= 0.3 is 0 Å². The molecule has 3 aromatic rings. The second-order valence-electron chi connectivity index (χ2n) is 6.20. The van der Waals surface area contributed by atoms with E-state index in [9.17, 15) is 4.79 Å². The van der Waals surface area contributed by atoms with E-state index in [1.54, 1.807) is 12.1 Å². The summed E-state index contributed by atoms with van der Waals surface area (Å²) in [4.78, 5) is 12.0. The summed E-state index contributed by atoms with van der Waals surface area (Å²) in [6.45, 7) is -0.165. The van der Waals surface area contributed by atoms with Crippen LogP contribution in [-0.4, -0.2) is 32.9 Å². The minimum Gasteiger partial charge on any atom is -0.493 e. The van der Waals surface area contributed by atoms with Gasteiger partial charge in [0.1, 0.15) is 5.75 Å². The van der Waals surface area contributed by atoms with E-state index in [1.165, 1.54) is 20.4 Å². The van der Waals surface area contributed by atoms with Crippen LogP contribution in [0.3, 0.4) is 0 Å². The van der Waals surface area contributed by atoms with Crippen LogP contribution in [0.2, 0.25) is 5.02 Å². The summed E-state index contributed by atoms with van der Waals surface area (Å²) < 4.78 is 15.9. The van der Waals surface area contributed by atoms with Crippen molar-refractivity contribution in [3.63, 3.8) is 0 Å². The fourth-order valence-corrected chi connectivity index (χ4v) is 2.90. The SMILES string of the molecule is COc1cc(Cl)c(/C=N/NC(=O)COc2ccc(-c3ccccc3)cc2)cc1OC. The Labute approximate surface area is 180 Å². The van der Waals surface area contributed by atoms with E-state index in [-0.39, 0.29) is 6.61 Å². The largest absolute Gasteiger partial charge is 0.493 e. The van der Waals surface area contributed by atoms with Crippen LogP contribution < -0.4 is 19.6 Å². The molecule has 3 rings (SSSR count). The molecule has 0 aliphatic rings. The van der Waals surface area contributed by atoms with Crippen LogP contribution in [-0.2, 0) is 4.79 Å². The average molecular weight is 425 g/mol. The van der Waals surface area contributed by atoms with Crippen molar-refractivity contribution >= 4 is 23.7 Å². The molecule has 7 heteroatoms. The monoisotopic (exact) mass is 424 g/mol. The lowest BCUT2D eigenvalue weighted by Crippen LogP contribution is -2.24. The third-order valence-corrected chi connectivity index (χ3v) is 4.55. The Kier molecular flexibility index (Phi) is 7.29. The third kappa shape index (κ3) is 5.52. The van der Waals surface area contributed by atoms with Crippen molar-refractivity contribution in [2.24, 2.45) is 5.10 Å². The van der Waals surface area contributed by atoms with Gasteiger partial charge < -0.3 is 14.2 Å². The number of hydrogen-bond acceptors (Lipinski definition) is 5. The molecule has 0 unspecified atom stereocenters. The molecule has 0 aliphatic carbocycles. The summed E-state index contributed by atoms with van der Waals surface area (Å²) in [6, 6.07) is 20.8. The molecule has 0 saturated heterocycles. The van der Waals surface area contributed by atoms with Gasteiger partial charge in [0, 0.05) is 11.6 Å². The molecule has 3 aromatic carbocycles. The van der Waals surface area contributed by atoms with Crippen LogP contribution in [0.5, 0.6) is 17.2 Å². The number of carbonyl (C=O) groups is 1. The van der Waals surface area contributed by atoms with Gasteiger partial charge in [0.2, 0.25) is 0 Å². The first-order chi connectivity index (χ1) is 14.6. The summed E-state index contributed by atoms with van der Waals surface area (Å²) in [5, 5.41) is 4.33. The molecule has 0 saturated carbocycles. The van der Waals surface area contributed by atoms with Crippen LogP contribution in [0.4, 0.5) is 0 Å². The van der Waals surface area contributed by atoms with Crippen molar-refractivity contribution in [3.8, 4) is 28.4 Å². The van der Waals surface area contributed by atoms with Gasteiger partial charge in [-0.15, -0.1) is 0 Å². The highest BCUT2D eigenvalue weighted by atomic mass is 35.5. The minimum absolute atomic E-state index is 0.165. The van der Waals surface area contributed by atoms with E-state index < -0.39 is 5.91 Å². The Morgan fingerprint density at radius 1 is 0.967 bits per heavy atom. The highest BCUT2D eigenvalue weighted by Crippen LogP contribution is 2.32. The molecule has 1 N–H and O–H groups in total. The van der Waals surface area contributed by atoms with Crippen LogP contribution in [0, 0.1) is 0 Å². The lowest BCUT2D eigenvalue weighted by molar-refractivity contribution is -0.123. The maximum Gasteiger partial charge on any atom is 0.277 e. The molecule has 30 heavy (non-hydrogen) atoms. The molecule has 6 nitrogen and oxygen atoms in total. The zero-order chi connectivity index (χ0) is 21.3. The number of carbonyl (C=O) groups excluding carboxylic acids is 1. The molecule has 0 aliphatic heterocycles. The molecular formula is C23H21ClN2O4. The number of halogens is 1. The first-order valence-electron chi connectivity index (χ1n) is 9.12. The van der Waals surface area contributed by atoms with Crippen molar-refractivity contribution in [1.29, 1.82) is 0 Å². The first kappa shape index (κ1) is 21.2. The number of nitrogens with one attached hydrogen (secondary N) is 1. The van der Waals surface area contributed by atoms with Gasteiger partial charge in [-0.3, -0.25) is 4.79 Å². The Balaban J connectivity index is 1.53. The molecular weight excluding hydrogens is 404 g/mol. The zero-order valence-electron chi connectivity index (χ0n) is 16.6. The van der Waals surface area contributed by atoms with Gasteiger partial charge in [0.25, 0.3) is 5.91 Å². The number of methoxy groups -OCH3 is 2. The lowest BCUT2D eigenvalue weighted by atomic mass is 10.1. The zero-order valence-corrected chi connectivity index (χ0v) is 17.3. The van der Waals surface area contributed by atoms with Crippen molar-refractivity contribution in [2.75, 3.05) is 20.8 Å². The predicted octanol–water partition coefficient (Wildman–Crippen LogP) is 4.55. The van der Waals surface area contributed by atoms with Crippen molar-refractivity contribution in [1.82, 2.24) is 5.43 Å². The van der Waals surface area contributed by atoms with Crippen LogP contribution in [0.25, 0.3) is 11.1 Å². The van der Waals surface area contributed by atoms with E-state index >= 15 is 0 Å². The summed E-state index contributed by atoms with van der Waals surface area (Å²) in [5.74, 6) is 1.22. The second kappa shape index (κ2) is 10.3. The highest BCUT2D eigenvalue weighted by molar-refractivity contribution is 6.33. The Morgan fingerprint density at radius 3 is 2.27 bits per heavy atom. The number of hydrazone groups is 1. The van der Waals surface area contributed by atoms with Crippen LogP contribution >= 0.6 is 11.6 Å². The number of nitrogens with zero attached hydrogens (tertiary/aromatic N) is 1. The first-order valence-corrected chi connectivity index (χ1v) is 9.50. The minimum atomic E-state index is -0.394. The van der Waals surface area contributed by atoms with Gasteiger partial charge in [0.05, 0.1) is 25.5 Å². The number of rotatable bonds is 8. The van der Waals surface area contributed by atoms with Crippen LogP contribution in [0.1, 0.15) is 5.56 Å². The molecule has 0 atom stereocenters. The average Bonchev–Trinajstić information content (AvgIpc) is 2.79. The van der Waals surface area contributed by atoms with E-state index in [0.29, 0.717) is 27.8 Å². The molecule has 0 heterocycles. The Bertz CT molecular complexity index is 1020. The Hall–Kier alpha value is -3.51. The van der Waals surface area contributed by atoms with Crippen molar-refractivity contribution in [2.45, 2.75) is 0 Å². The smallest absolute Gasteiger partial charge is 0.277 e. The van der Waals surface area contributed by atoms with Gasteiger partial charge in [-0.2, -0.15) is 5.10 Å². The fraction of sp³-hybridized carbons (Fsp3) is 0.130. The molecule has 0 bridgehead atoms. The number of hydrogen-bond donors (Lipinski definition) is 1. The van der Waals surface area contributed by atoms with Crippen molar-refractivity contribution < 1.29 is 19.0 Å². The summed E-state index contributed by atoms with van der Waals surface area (Å²) in [6.07, 6.45) is 1.43. The fourth-order valence-electron chi connectivity index (χ4n) is 2.70. The Morgan fingerprint density at radius 2 is 1.60 bits per heavy atom. The van der Waals surface area contributed by atoms with E-state index in [0.717, 1.165) is 11.1 Å². The van der Waals surface area contributed by atoms with Gasteiger partial charge in [0.15, 0.2) is 18.1 Å². The molecule has 0 radical (unpaired) electrons. The summed E-state index contributed by atoms with van der Waals surface area (Å²) in [5.41, 5.74) is 5.17. The molecule has 0 spiro atoms. The maximum atomic E-state index is 12.0. The predicted molar refractivity (Wildman–Crippen MR) is 118 cm³/mol. The maximum absolute atomic E-state index is 12.0. The van der Waals surface area contributed by atoms with E-state index in [1.807, 2.05) is 54.6 Å². The van der Waals surface area contributed by atoms with Crippen molar-refractivity contribution in [3.05, 3.63) is 77.3 Å². The quantitative estimate of drug-likeness (QED) is 0.425. The normalized spacial score (nSPS) is 10.6. The molecule has 0 aromatic heterocycles. The summed E-state index contributed by atoms with van der Waals surface area (Å²) >= 11 is 6.19. The topological polar surface area (TPSA) is 69.2 Å². The summed E-state index contributed by atoms with van der Waals surface area (Å²) in [7, 11) is 3.05. The third-order valence-electron chi connectivity index (χ3n) is 4.23. The molecule has 0 fully saturated rings. The van der Waals surface area contributed by atoms with Gasteiger partial charge in [-0.05, 0) is 29.3 Å². The molecule has 1 amide bonds.